The minimum Gasteiger partial charge on any atom is -0.388 e. The van der Waals surface area contributed by atoms with Crippen LogP contribution in [0, 0.1) is 28.1 Å². The van der Waals surface area contributed by atoms with E-state index in [0.717, 1.165) is 18.4 Å². The van der Waals surface area contributed by atoms with Crippen molar-refractivity contribution >= 4 is 0 Å². The molecule has 1 aromatic rings. The second-order valence-electron chi connectivity index (χ2n) is 10.3. The molecule has 3 aliphatic rings. The Morgan fingerprint density at radius 3 is 2.56 bits per heavy atom. The standard InChI is InChI=1S/C26H36O/c1-5-24(2)17-14-21-20(18-24)12-13-22-25(21,3)15-9-16-26(22,4)23(27)19-10-7-6-8-11-19/h5-8,10-11,14,20,22-23,27H,1,9,12-13,15-18H2,2-4H3/t20?,22?,23?,24-,25-,26+/m1/s1. The summed E-state index contributed by atoms with van der Waals surface area (Å²) in [6, 6.07) is 10.4. The summed E-state index contributed by atoms with van der Waals surface area (Å²) in [5.74, 6) is 1.27. The minimum atomic E-state index is -0.373. The van der Waals surface area contributed by atoms with Crippen LogP contribution >= 0.6 is 0 Å². The molecule has 6 atom stereocenters. The second-order valence-corrected chi connectivity index (χ2v) is 10.3. The Kier molecular flexibility index (Phi) is 4.66. The Bertz CT molecular complexity index is 734. The van der Waals surface area contributed by atoms with Gasteiger partial charge in [0.1, 0.15) is 0 Å². The summed E-state index contributed by atoms with van der Waals surface area (Å²) < 4.78 is 0. The van der Waals surface area contributed by atoms with Crippen LogP contribution in [-0.2, 0) is 0 Å². The molecule has 0 bridgehead atoms. The molecular formula is C26H36O. The highest BCUT2D eigenvalue weighted by Crippen LogP contribution is 2.66. The highest BCUT2D eigenvalue weighted by Gasteiger charge is 2.57. The van der Waals surface area contributed by atoms with Gasteiger partial charge >= 0.3 is 0 Å². The van der Waals surface area contributed by atoms with E-state index in [0.29, 0.717) is 11.8 Å². The molecule has 2 saturated carbocycles. The Labute approximate surface area is 165 Å². The van der Waals surface area contributed by atoms with Crippen LogP contribution in [0.1, 0.15) is 77.4 Å². The van der Waals surface area contributed by atoms with Crippen molar-refractivity contribution in [1.82, 2.24) is 0 Å². The van der Waals surface area contributed by atoms with Crippen molar-refractivity contribution in [3.63, 3.8) is 0 Å². The smallest absolute Gasteiger partial charge is 0.0846 e. The fourth-order valence-electron chi connectivity index (χ4n) is 7.01. The second kappa shape index (κ2) is 6.62. The summed E-state index contributed by atoms with van der Waals surface area (Å²) >= 11 is 0. The Morgan fingerprint density at radius 1 is 1.11 bits per heavy atom. The third-order valence-corrected chi connectivity index (χ3v) is 8.61. The molecule has 0 aromatic heterocycles. The molecule has 3 aliphatic carbocycles. The Hall–Kier alpha value is -1.34. The van der Waals surface area contributed by atoms with Gasteiger partial charge < -0.3 is 5.11 Å². The lowest BCUT2D eigenvalue weighted by molar-refractivity contribution is -0.101. The van der Waals surface area contributed by atoms with E-state index in [2.05, 4.69) is 63.8 Å². The molecule has 4 rings (SSSR count). The molecule has 0 aliphatic heterocycles. The Balaban J connectivity index is 1.70. The van der Waals surface area contributed by atoms with E-state index < -0.39 is 0 Å². The summed E-state index contributed by atoms with van der Waals surface area (Å²) in [5, 5.41) is 11.4. The molecule has 0 radical (unpaired) electrons. The van der Waals surface area contributed by atoms with Crippen LogP contribution in [0.4, 0.5) is 0 Å². The monoisotopic (exact) mass is 364 g/mol. The molecule has 1 N–H and O–H groups in total. The first-order chi connectivity index (χ1) is 12.8. The van der Waals surface area contributed by atoms with Gasteiger partial charge in [0.25, 0.3) is 0 Å². The van der Waals surface area contributed by atoms with E-state index >= 15 is 0 Å². The number of benzene rings is 1. The summed E-state index contributed by atoms with van der Waals surface area (Å²) in [5.41, 5.74) is 3.26. The summed E-state index contributed by atoms with van der Waals surface area (Å²) in [4.78, 5) is 0. The maximum absolute atomic E-state index is 11.4. The summed E-state index contributed by atoms with van der Waals surface area (Å²) in [6.07, 6.45) is 12.9. The zero-order valence-corrected chi connectivity index (χ0v) is 17.4. The van der Waals surface area contributed by atoms with E-state index in [1.54, 1.807) is 5.57 Å². The van der Waals surface area contributed by atoms with Crippen molar-refractivity contribution in [1.29, 1.82) is 0 Å². The van der Waals surface area contributed by atoms with Crippen molar-refractivity contribution in [2.75, 3.05) is 0 Å². The first-order valence-corrected chi connectivity index (χ1v) is 10.9. The van der Waals surface area contributed by atoms with Crippen LogP contribution in [0.15, 0.2) is 54.6 Å². The average Bonchev–Trinajstić information content (AvgIpc) is 2.67. The molecule has 1 aromatic carbocycles. The van der Waals surface area contributed by atoms with E-state index in [9.17, 15) is 5.11 Å². The zero-order valence-electron chi connectivity index (χ0n) is 17.4. The van der Waals surface area contributed by atoms with Gasteiger partial charge in [-0.1, -0.05) is 75.2 Å². The lowest BCUT2D eigenvalue weighted by atomic mass is 9.45. The molecule has 0 saturated heterocycles. The summed E-state index contributed by atoms with van der Waals surface area (Å²) in [7, 11) is 0. The van der Waals surface area contributed by atoms with Gasteiger partial charge in [-0.05, 0) is 66.8 Å². The normalized spacial score (nSPS) is 42.4. The van der Waals surface area contributed by atoms with Crippen LogP contribution in [0.3, 0.4) is 0 Å². The number of fused-ring (bicyclic) bond motifs is 3. The lowest BCUT2D eigenvalue weighted by Gasteiger charge is -2.60. The topological polar surface area (TPSA) is 20.2 Å². The van der Waals surface area contributed by atoms with E-state index in [1.165, 1.54) is 32.1 Å². The van der Waals surface area contributed by atoms with Crippen LogP contribution in [0.2, 0.25) is 0 Å². The molecule has 0 spiro atoms. The highest BCUT2D eigenvalue weighted by molar-refractivity contribution is 5.30. The quantitative estimate of drug-likeness (QED) is 0.581. The third-order valence-electron chi connectivity index (χ3n) is 8.61. The largest absolute Gasteiger partial charge is 0.388 e. The molecule has 2 fully saturated rings. The predicted octanol–water partition coefficient (Wildman–Crippen LogP) is 6.86. The predicted molar refractivity (Wildman–Crippen MR) is 113 cm³/mol. The van der Waals surface area contributed by atoms with Crippen LogP contribution < -0.4 is 0 Å². The molecule has 3 unspecified atom stereocenters. The molecule has 0 heterocycles. The van der Waals surface area contributed by atoms with Gasteiger partial charge in [0.05, 0.1) is 6.10 Å². The molecule has 1 nitrogen and oxygen atoms in total. The van der Waals surface area contributed by atoms with Crippen molar-refractivity contribution in [2.45, 2.75) is 71.8 Å². The van der Waals surface area contributed by atoms with Crippen LogP contribution in [0.5, 0.6) is 0 Å². The van der Waals surface area contributed by atoms with Crippen LogP contribution in [0.25, 0.3) is 0 Å². The van der Waals surface area contributed by atoms with Gasteiger partial charge in [-0.15, -0.1) is 6.58 Å². The number of hydrogen-bond donors (Lipinski definition) is 1. The van der Waals surface area contributed by atoms with Crippen molar-refractivity contribution in [2.24, 2.45) is 28.1 Å². The number of rotatable bonds is 3. The van der Waals surface area contributed by atoms with Crippen LogP contribution in [-0.4, -0.2) is 5.11 Å². The van der Waals surface area contributed by atoms with Gasteiger partial charge in [-0.2, -0.15) is 0 Å². The van der Waals surface area contributed by atoms with E-state index in [-0.39, 0.29) is 22.3 Å². The SMILES string of the molecule is C=C[C@]1(C)CC=C2C(CCC3[C@@](C)(C(O)c4ccccc4)CCC[C@]23C)C1. The van der Waals surface area contributed by atoms with Gasteiger partial charge in [0, 0.05) is 5.41 Å². The molecule has 27 heavy (non-hydrogen) atoms. The highest BCUT2D eigenvalue weighted by atomic mass is 16.3. The van der Waals surface area contributed by atoms with E-state index in [1.807, 2.05) is 6.07 Å². The summed E-state index contributed by atoms with van der Waals surface area (Å²) in [6.45, 7) is 11.4. The first kappa shape index (κ1) is 19.0. The molecular weight excluding hydrogens is 328 g/mol. The maximum atomic E-state index is 11.4. The number of aliphatic hydroxyl groups excluding tert-OH is 1. The lowest BCUT2D eigenvalue weighted by Crippen LogP contribution is -2.52. The van der Waals surface area contributed by atoms with Gasteiger partial charge in [-0.25, -0.2) is 0 Å². The van der Waals surface area contributed by atoms with Crippen molar-refractivity contribution in [3.05, 3.63) is 60.2 Å². The Morgan fingerprint density at radius 2 is 1.85 bits per heavy atom. The van der Waals surface area contributed by atoms with Gasteiger partial charge in [0.15, 0.2) is 0 Å². The van der Waals surface area contributed by atoms with Crippen molar-refractivity contribution in [3.8, 4) is 0 Å². The molecule has 146 valence electrons. The fraction of sp³-hybridized carbons (Fsp3) is 0.615. The first-order valence-electron chi connectivity index (χ1n) is 10.9. The van der Waals surface area contributed by atoms with Gasteiger partial charge in [-0.3, -0.25) is 0 Å². The zero-order chi connectivity index (χ0) is 19.3. The average molecular weight is 365 g/mol. The number of allylic oxidation sites excluding steroid dienone is 3. The third kappa shape index (κ3) is 2.94. The molecule has 0 amide bonds. The minimum absolute atomic E-state index is 0.0423. The van der Waals surface area contributed by atoms with Gasteiger partial charge in [0.2, 0.25) is 0 Å². The number of aliphatic hydroxyl groups is 1. The van der Waals surface area contributed by atoms with E-state index in [4.69, 9.17) is 0 Å². The number of hydrogen-bond acceptors (Lipinski definition) is 1. The van der Waals surface area contributed by atoms with Crippen molar-refractivity contribution < 1.29 is 5.11 Å². The molecule has 1 heteroatoms. The maximum Gasteiger partial charge on any atom is 0.0846 e. The fourth-order valence-corrected chi connectivity index (χ4v) is 7.01.